The number of carbonyl (C=O) groups is 2. The van der Waals surface area contributed by atoms with Gasteiger partial charge in [-0.2, -0.15) is 0 Å². The van der Waals surface area contributed by atoms with Crippen LogP contribution < -0.4 is 30.5 Å². The molecular weight excluding hydrogens is 356 g/mol. The van der Waals surface area contributed by atoms with Gasteiger partial charge in [-0.05, 0) is 38.2 Å². The molecule has 26 heavy (non-hydrogen) atoms. The molecule has 1 atom stereocenters. The predicted molar refractivity (Wildman–Crippen MR) is 100 cm³/mol. The summed E-state index contributed by atoms with van der Waals surface area (Å²) in [6.45, 7) is 5.17. The average molecular weight is 378 g/mol. The van der Waals surface area contributed by atoms with Gasteiger partial charge in [0.15, 0.2) is 16.6 Å². The van der Waals surface area contributed by atoms with Gasteiger partial charge in [0.25, 0.3) is 0 Å². The molecule has 0 saturated carbocycles. The molecule has 0 aliphatic carbocycles. The number of nitrogens with zero attached hydrogens (tertiary/aromatic N) is 1. The Hall–Kier alpha value is -2.55. The van der Waals surface area contributed by atoms with Crippen LogP contribution in [0.2, 0.25) is 0 Å². The van der Waals surface area contributed by atoms with Crippen molar-refractivity contribution in [2.45, 2.75) is 26.3 Å². The zero-order valence-corrected chi connectivity index (χ0v) is 15.5. The Labute approximate surface area is 157 Å². The van der Waals surface area contributed by atoms with Gasteiger partial charge < -0.3 is 19.7 Å². The number of fused-ring (bicyclic) bond motifs is 1. The van der Waals surface area contributed by atoms with E-state index in [1.54, 1.807) is 23.1 Å². The molecule has 9 heteroatoms. The maximum absolute atomic E-state index is 12.4. The number of hydrogen-bond donors (Lipinski definition) is 3. The molecule has 2 heterocycles. The van der Waals surface area contributed by atoms with E-state index in [2.05, 4.69) is 16.2 Å². The highest BCUT2D eigenvalue weighted by molar-refractivity contribution is 7.80. The number of ether oxygens (including phenoxy) is 2. The first kappa shape index (κ1) is 18.2. The summed E-state index contributed by atoms with van der Waals surface area (Å²) in [6.07, 6.45) is 0.145. The standard InChI is InChI=1S/C17H22N4O4S/c1-10(2)18-17(26)20-19-16(23)11-7-15(22)21(9-11)12-3-4-13-14(8-12)25-6-5-24-13/h3-4,8,10-11H,5-7,9H2,1-2H3,(H,19,23)(H2,18,20,26)/t11-/m0/s1. The quantitative estimate of drug-likeness (QED) is 0.527. The van der Waals surface area contributed by atoms with Crippen LogP contribution in [0.15, 0.2) is 18.2 Å². The molecule has 1 aromatic rings. The lowest BCUT2D eigenvalue weighted by atomic mass is 10.1. The summed E-state index contributed by atoms with van der Waals surface area (Å²) in [7, 11) is 0. The average Bonchev–Trinajstić information content (AvgIpc) is 3.00. The van der Waals surface area contributed by atoms with Gasteiger partial charge in [-0.15, -0.1) is 0 Å². The molecule has 2 aliphatic rings. The van der Waals surface area contributed by atoms with Gasteiger partial charge in [0.2, 0.25) is 11.8 Å². The Bertz CT molecular complexity index is 725. The van der Waals surface area contributed by atoms with Crippen molar-refractivity contribution in [3.8, 4) is 11.5 Å². The third-order valence-corrected chi connectivity index (χ3v) is 4.27. The van der Waals surface area contributed by atoms with Crippen LogP contribution in [0.4, 0.5) is 5.69 Å². The van der Waals surface area contributed by atoms with Crippen molar-refractivity contribution in [2.24, 2.45) is 5.92 Å². The SMILES string of the molecule is CC(C)NC(=S)NNC(=O)[C@H]1CC(=O)N(c2ccc3c(c2)OCCO3)C1. The fourth-order valence-corrected chi connectivity index (χ4v) is 3.14. The van der Waals surface area contributed by atoms with Crippen LogP contribution in [-0.4, -0.2) is 42.7 Å². The molecule has 0 unspecified atom stereocenters. The predicted octanol–water partition coefficient (Wildman–Crippen LogP) is 0.714. The highest BCUT2D eigenvalue weighted by atomic mass is 32.1. The van der Waals surface area contributed by atoms with Crippen molar-refractivity contribution < 1.29 is 19.1 Å². The van der Waals surface area contributed by atoms with Gasteiger partial charge >= 0.3 is 0 Å². The summed E-state index contributed by atoms with van der Waals surface area (Å²) in [5.74, 6) is 0.443. The summed E-state index contributed by atoms with van der Waals surface area (Å²) in [5.41, 5.74) is 5.91. The van der Waals surface area contributed by atoms with Gasteiger partial charge in [-0.25, -0.2) is 0 Å². The van der Waals surface area contributed by atoms with Gasteiger partial charge in [0.1, 0.15) is 13.2 Å². The lowest BCUT2D eigenvalue weighted by Gasteiger charge is -2.22. The van der Waals surface area contributed by atoms with Crippen molar-refractivity contribution in [3.05, 3.63) is 18.2 Å². The number of rotatable bonds is 3. The van der Waals surface area contributed by atoms with Gasteiger partial charge in [0, 0.05) is 30.8 Å². The molecule has 2 aliphatic heterocycles. The second kappa shape index (κ2) is 7.77. The zero-order chi connectivity index (χ0) is 18.7. The molecular formula is C17H22N4O4S. The van der Waals surface area contributed by atoms with Crippen molar-refractivity contribution >= 4 is 34.8 Å². The number of benzene rings is 1. The topological polar surface area (TPSA) is 91.9 Å². The molecule has 8 nitrogen and oxygen atoms in total. The first-order valence-electron chi connectivity index (χ1n) is 8.50. The highest BCUT2D eigenvalue weighted by Crippen LogP contribution is 2.35. The second-order valence-corrected chi connectivity index (χ2v) is 6.88. The maximum Gasteiger partial charge on any atom is 0.243 e. The van der Waals surface area contributed by atoms with E-state index in [-0.39, 0.29) is 24.3 Å². The maximum atomic E-state index is 12.4. The molecule has 0 radical (unpaired) electrons. The molecule has 3 N–H and O–H groups in total. The minimum absolute atomic E-state index is 0.107. The summed E-state index contributed by atoms with van der Waals surface area (Å²) in [4.78, 5) is 26.3. The molecule has 140 valence electrons. The van der Waals surface area contributed by atoms with Crippen molar-refractivity contribution in [2.75, 3.05) is 24.7 Å². The van der Waals surface area contributed by atoms with E-state index < -0.39 is 5.92 Å². The number of anilines is 1. The number of hydrazine groups is 1. The number of thiocarbonyl (C=S) groups is 1. The minimum atomic E-state index is -0.454. The van der Waals surface area contributed by atoms with Crippen molar-refractivity contribution in [1.82, 2.24) is 16.2 Å². The number of carbonyl (C=O) groups excluding carboxylic acids is 2. The lowest BCUT2D eigenvalue weighted by Crippen LogP contribution is -2.50. The van der Waals surface area contributed by atoms with E-state index in [1.807, 2.05) is 13.8 Å². The van der Waals surface area contributed by atoms with Crippen LogP contribution in [0.3, 0.4) is 0 Å². The Balaban J connectivity index is 1.60. The Morgan fingerprint density at radius 3 is 2.69 bits per heavy atom. The molecule has 1 aromatic carbocycles. The summed E-state index contributed by atoms with van der Waals surface area (Å²) in [6, 6.07) is 5.51. The van der Waals surface area contributed by atoms with Crippen LogP contribution in [0.1, 0.15) is 20.3 Å². The van der Waals surface area contributed by atoms with E-state index in [0.29, 0.717) is 42.1 Å². The van der Waals surface area contributed by atoms with E-state index in [9.17, 15) is 9.59 Å². The molecule has 1 fully saturated rings. The fourth-order valence-electron chi connectivity index (χ4n) is 2.85. The number of nitrogens with one attached hydrogen (secondary N) is 3. The number of amides is 2. The second-order valence-electron chi connectivity index (χ2n) is 6.48. The molecule has 1 saturated heterocycles. The summed E-state index contributed by atoms with van der Waals surface area (Å²) >= 11 is 5.06. The summed E-state index contributed by atoms with van der Waals surface area (Å²) < 4.78 is 11.0. The smallest absolute Gasteiger partial charge is 0.243 e. The molecule has 0 bridgehead atoms. The minimum Gasteiger partial charge on any atom is -0.486 e. The van der Waals surface area contributed by atoms with E-state index in [4.69, 9.17) is 21.7 Å². The Morgan fingerprint density at radius 1 is 1.23 bits per heavy atom. The van der Waals surface area contributed by atoms with Crippen LogP contribution >= 0.6 is 12.2 Å². The van der Waals surface area contributed by atoms with Crippen LogP contribution in [0.5, 0.6) is 11.5 Å². The zero-order valence-electron chi connectivity index (χ0n) is 14.7. The highest BCUT2D eigenvalue weighted by Gasteiger charge is 2.35. The normalized spacial score (nSPS) is 18.7. The van der Waals surface area contributed by atoms with Crippen LogP contribution in [0.25, 0.3) is 0 Å². The largest absolute Gasteiger partial charge is 0.486 e. The third-order valence-electron chi connectivity index (χ3n) is 4.05. The van der Waals surface area contributed by atoms with Gasteiger partial charge in [-0.1, -0.05) is 0 Å². The lowest BCUT2D eigenvalue weighted by molar-refractivity contribution is -0.126. The fraction of sp³-hybridized carbons (Fsp3) is 0.471. The molecule has 0 aromatic heterocycles. The van der Waals surface area contributed by atoms with E-state index in [1.165, 1.54) is 0 Å². The van der Waals surface area contributed by atoms with E-state index in [0.717, 1.165) is 0 Å². The van der Waals surface area contributed by atoms with Gasteiger partial charge in [-0.3, -0.25) is 20.4 Å². The number of hydrogen-bond acceptors (Lipinski definition) is 5. The Morgan fingerprint density at radius 2 is 1.96 bits per heavy atom. The molecule has 0 spiro atoms. The van der Waals surface area contributed by atoms with Crippen molar-refractivity contribution in [3.63, 3.8) is 0 Å². The third kappa shape index (κ3) is 4.16. The van der Waals surface area contributed by atoms with E-state index >= 15 is 0 Å². The first-order chi connectivity index (χ1) is 12.4. The Kier molecular flexibility index (Phi) is 5.46. The molecule has 3 rings (SSSR count). The van der Waals surface area contributed by atoms with Gasteiger partial charge in [0.05, 0.1) is 5.92 Å². The monoisotopic (exact) mass is 378 g/mol. The first-order valence-corrected chi connectivity index (χ1v) is 8.91. The molecule has 2 amide bonds. The summed E-state index contributed by atoms with van der Waals surface area (Å²) in [5, 5.41) is 3.30. The van der Waals surface area contributed by atoms with Crippen LogP contribution in [0, 0.1) is 5.92 Å². The van der Waals surface area contributed by atoms with Crippen LogP contribution in [-0.2, 0) is 9.59 Å². The van der Waals surface area contributed by atoms with Crippen molar-refractivity contribution in [1.29, 1.82) is 0 Å².